The van der Waals surface area contributed by atoms with Crippen LogP contribution in [0, 0.1) is 0 Å². The van der Waals surface area contributed by atoms with Gasteiger partial charge in [-0.15, -0.1) is 0 Å². The van der Waals surface area contributed by atoms with Crippen LogP contribution in [0.15, 0.2) is 18.2 Å². The van der Waals surface area contributed by atoms with E-state index in [1.165, 1.54) is 0 Å². The molecule has 0 amide bonds. The molecule has 0 spiro atoms. The Morgan fingerprint density at radius 2 is 2.06 bits per heavy atom. The van der Waals surface area contributed by atoms with Crippen LogP contribution >= 0.6 is 0 Å². The molecule has 1 aliphatic carbocycles. The van der Waals surface area contributed by atoms with Gasteiger partial charge in [-0.1, -0.05) is 6.07 Å². The first-order valence-corrected chi connectivity index (χ1v) is 5.73. The summed E-state index contributed by atoms with van der Waals surface area (Å²) in [5.41, 5.74) is 0. The van der Waals surface area contributed by atoms with Crippen molar-refractivity contribution < 1.29 is 9.84 Å². The summed E-state index contributed by atoms with van der Waals surface area (Å²) >= 11 is 0. The molecule has 4 nitrogen and oxygen atoms in total. The first-order valence-electron chi connectivity index (χ1n) is 5.73. The lowest BCUT2D eigenvalue weighted by molar-refractivity contribution is 0.126. The second-order valence-electron chi connectivity index (χ2n) is 4.21. The van der Waals surface area contributed by atoms with Crippen LogP contribution in [-0.2, 0) is 0 Å². The molecular formula is C12H18N2O2. The van der Waals surface area contributed by atoms with Gasteiger partial charge in [-0.25, -0.2) is 0 Å². The first-order chi connectivity index (χ1) is 7.78. The van der Waals surface area contributed by atoms with Crippen molar-refractivity contribution in [3.63, 3.8) is 0 Å². The fourth-order valence-electron chi connectivity index (χ4n) is 2.04. The van der Waals surface area contributed by atoms with Gasteiger partial charge in [-0.3, -0.25) is 0 Å². The second-order valence-corrected chi connectivity index (χ2v) is 4.21. The monoisotopic (exact) mass is 222 g/mol. The molecule has 1 heterocycles. The molecule has 88 valence electrons. The third kappa shape index (κ3) is 2.85. The minimum Gasteiger partial charge on any atom is -0.481 e. The number of pyridine rings is 1. The molecule has 2 N–H and O–H groups in total. The number of methoxy groups -OCH3 is 1. The minimum absolute atomic E-state index is 0.115. The topological polar surface area (TPSA) is 54.4 Å². The van der Waals surface area contributed by atoms with Gasteiger partial charge in [0.1, 0.15) is 5.82 Å². The van der Waals surface area contributed by atoms with E-state index in [1.54, 1.807) is 7.11 Å². The Morgan fingerprint density at radius 3 is 2.75 bits per heavy atom. The molecule has 0 unspecified atom stereocenters. The molecule has 0 radical (unpaired) electrons. The highest BCUT2D eigenvalue weighted by atomic mass is 16.5. The van der Waals surface area contributed by atoms with Crippen molar-refractivity contribution in [1.82, 2.24) is 4.98 Å². The number of hydrogen-bond donors (Lipinski definition) is 2. The zero-order valence-corrected chi connectivity index (χ0v) is 9.52. The standard InChI is InChI=1S/C12H18N2O2/c1-16-12-4-2-3-11(14-12)13-9-5-7-10(15)8-6-9/h2-4,9-10,15H,5-8H2,1H3,(H,13,14). The van der Waals surface area contributed by atoms with Gasteiger partial charge in [0.2, 0.25) is 5.88 Å². The van der Waals surface area contributed by atoms with Gasteiger partial charge in [0.25, 0.3) is 0 Å². The molecule has 0 aliphatic heterocycles. The first kappa shape index (κ1) is 11.2. The fraction of sp³-hybridized carbons (Fsp3) is 0.583. The number of anilines is 1. The molecule has 1 aromatic rings. The number of aliphatic hydroxyl groups excluding tert-OH is 1. The highest BCUT2D eigenvalue weighted by Gasteiger charge is 2.19. The molecule has 0 bridgehead atoms. The lowest BCUT2D eigenvalue weighted by atomic mass is 9.93. The number of aliphatic hydroxyl groups is 1. The van der Waals surface area contributed by atoms with Gasteiger partial charge in [-0.2, -0.15) is 4.98 Å². The van der Waals surface area contributed by atoms with Crippen LogP contribution in [0.4, 0.5) is 5.82 Å². The van der Waals surface area contributed by atoms with E-state index >= 15 is 0 Å². The molecule has 2 rings (SSSR count). The average Bonchev–Trinajstić information content (AvgIpc) is 2.32. The SMILES string of the molecule is COc1cccc(NC2CCC(O)CC2)n1. The lowest BCUT2D eigenvalue weighted by Crippen LogP contribution is -2.28. The van der Waals surface area contributed by atoms with Gasteiger partial charge >= 0.3 is 0 Å². The van der Waals surface area contributed by atoms with E-state index < -0.39 is 0 Å². The molecule has 16 heavy (non-hydrogen) atoms. The predicted octanol–water partition coefficient (Wildman–Crippen LogP) is 1.81. The number of rotatable bonds is 3. The summed E-state index contributed by atoms with van der Waals surface area (Å²) < 4.78 is 5.07. The van der Waals surface area contributed by atoms with Gasteiger partial charge in [0.05, 0.1) is 13.2 Å². The van der Waals surface area contributed by atoms with E-state index in [2.05, 4.69) is 10.3 Å². The summed E-state index contributed by atoms with van der Waals surface area (Å²) in [4.78, 5) is 4.31. The summed E-state index contributed by atoms with van der Waals surface area (Å²) in [6, 6.07) is 6.11. The Morgan fingerprint density at radius 1 is 1.31 bits per heavy atom. The van der Waals surface area contributed by atoms with E-state index in [-0.39, 0.29) is 6.10 Å². The summed E-state index contributed by atoms with van der Waals surface area (Å²) in [6.07, 6.45) is 3.64. The van der Waals surface area contributed by atoms with E-state index in [1.807, 2.05) is 18.2 Å². The number of ether oxygens (including phenoxy) is 1. The third-order valence-corrected chi connectivity index (χ3v) is 2.98. The summed E-state index contributed by atoms with van der Waals surface area (Å²) in [6.45, 7) is 0. The van der Waals surface area contributed by atoms with E-state index in [9.17, 15) is 5.11 Å². The van der Waals surface area contributed by atoms with Crippen molar-refractivity contribution in [2.75, 3.05) is 12.4 Å². The molecule has 1 aliphatic rings. The third-order valence-electron chi connectivity index (χ3n) is 2.98. The maximum absolute atomic E-state index is 9.41. The van der Waals surface area contributed by atoms with Crippen LogP contribution in [0.25, 0.3) is 0 Å². The zero-order valence-electron chi connectivity index (χ0n) is 9.52. The molecule has 0 saturated heterocycles. The summed E-state index contributed by atoms with van der Waals surface area (Å²) in [5, 5.41) is 12.8. The van der Waals surface area contributed by atoms with Crippen molar-refractivity contribution in [2.24, 2.45) is 0 Å². The Hall–Kier alpha value is -1.29. The van der Waals surface area contributed by atoms with Crippen LogP contribution in [0.5, 0.6) is 5.88 Å². The number of aromatic nitrogens is 1. The van der Waals surface area contributed by atoms with Crippen molar-refractivity contribution in [3.05, 3.63) is 18.2 Å². The van der Waals surface area contributed by atoms with Gasteiger partial charge in [0, 0.05) is 12.1 Å². The van der Waals surface area contributed by atoms with E-state index in [4.69, 9.17) is 4.74 Å². The fourth-order valence-corrected chi connectivity index (χ4v) is 2.04. The number of nitrogens with one attached hydrogen (secondary N) is 1. The van der Waals surface area contributed by atoms with Crippen molar-refractivity contribution in [2.45, 2.75) is 37.8 Å². The summed E-state index contributed by atoms with van der Waals surface area (Å²) in [7, 11) is 1.61. The van der Waals surface area contributed by atoms with Gasteiger partial charge in [-0.05, 0) is 31.7 Å². The number of hydrogen-bond acceptors (Lipinski definition) is 4. The molecule has 0 aromatic carbocycles. The Balaban J connectivity index is 1.93. The van der Waals surface area contributed by atoms with Gasteiger partial charge in [0.15, 0.2) is 0 Å². The molecule has 1 aromatic heterocycles. The molecule has 1 saturated carbocycles. The lowest BCUT2D eigenvalue weighted by Gasteiger charge is -2.26. The molecule has 4 heteroatoms. The molecule has 1 fully saturated rings. The van der Waals surface area contributed by atoms with Crippen LogP contribution in [0.2, 0.25) is 0 Å². The Labute approximate surface area is 95.7 Å². The predicted molar refractivity (Wildman–Crippen MR) is 62.7 cm³/mol. The smallest absolute Gasteiger partial charge is 0.214 e. The molecular weight excluding hydrogens is 204 g/mol. The number of nitrogens with zero attached hydrogens (tertiary/aromatic N) is 1. The van der Waals surface area contributed by atoms with E-state index in [0.717, 1.165) is 31.5 Å². The van der Waals surface area contributed by atoms with Crippen molar-refractivity contribution in [1.29, 1.82) is 0 Å². The van der Waals surface area contributed by atoms with Crippen LogP contribution < -0.4 is 10.1 Å². The van der Waals surface area contributed by atoms with Crippen LogP contribution in [0.1, 0.15) is 25.7 Å². The quantitative estimate of drug-likeness (QED) is 0.819. The maximum Gasteiger partial charge on any atom is 0.214 e. The maximum atomic E-state index is 9.41. The zero-order chi connectivity index (χ0) is 11.4. The minimum atomic E-state index is -0.115. The van der Waals surface area contributed by atoms with Crippen molar-refractivity contribution in [3.8, 4) is 5.88 Å². The van der Waals surface area contributed by atoms with E-state index in [0.29, 0.717) is 11.9 Å². The normalized spacial score (nSPS) is 25.1. The highest BCUT2D eigenvalue weighted by molar-refractivity contribution is 5.38. The largest absolute Gasteiger partial charge is 0.481 e. The Kier molecular flexibility index (Phi) is 3.62. The average molecular weight is 222 g/mol. The van der Waals surface area contributed by atoms with Crippen LogP contribution in [-0.4, -0.2) is 29.3 Å². The van der Waals surface area contributed by atoms with Crippen molar-refractivity contribution >= 4 is 5.82 Å². The Bertz CT molecular complexity index is 336. The van der Waals surface area contributed by atoms with Gasteiger partial charge < -0.3 is 15.2 Å². The highest BCUT2D eigenvalue weighted by Crippen LogP contribution is 2.22. The second kappa shape index (κ2) is 5.16. The molecule has 0 atom stereocenters. The summed E-state index contributed by atoms with van der Waals surface area (Å²) in [5.74, 6) is 1.47. The van der Waals surface area contributed by atoms with Crippen LogP contribution in [0.3, 0.4) is 0 Å².